The van der Waals surface area contributed by atoms with Gasteiger partial charge in [0.2, 0.25) is 0 Å². The molecule has 0 saturated carbocycles. The Morgan fingerprint density at radius 2 is 1.65 bits per heavy atom. The molecule has 0 aliphatic carbocycles. The van der Waals surface area contributed by atoms with Gasteiger partial charge in [0, 0.05) is 19.8 Å². The van der Waals surface area contributed by atoms with Crippen molar-refractivity contribution >= 4 is 17.7 Å². The molecule has 0 atom stereocenters. The van der Waals surface area contributed by atoms with Crippen molar-refractivity contribution in [1.29, 1.82) is 0 Å². The van der Waals surface area contributed by atoms with Gasteiger partial charge >= 0.3 is 5.97 Å². The molecule has 0 amide bonds. The molecule has 0 aliphatic heterocycles. The fraction of sp³-hybridized carbons (Fsp3) is 0.174. The van der Waals surface area contributed by atoms with E-state index in [1.54, 1.807) is 6.92 Å². The molecule has 134 valence electrons. The van der Waals surface area contributed by atoms with E-state index in [1.807, 2.05) is 51.4 Å². The molecule has 26 heavy (non-hydrogen) atoms. The van der Waals surface area contributed by atoms with Crippen LogP contribution in [-0.4, -0.2) is 25.2 Å². The molecule has 0 saturated heterocycles. The molecule has 0 radical (unpaired) electrons. The fourth-order valence-electron chi connectivity index (χ4n) is 2.02. The van der Waals surface area contributed by atoms with Crippen LogP contribution < -0.4 is 4.90 Å². The van der Waals surface area contributed by atoms with Crippen LogP contribution in [0.1, 0.15) is 19.4 Å². The summed E-state index contributed by atoms with van der Waals surface area (Å²) in [4.78, 5) is 12.9. The van der Waals surface area contributed by atoms with E-state index in [1.165, 1.54) is 11.8 Å². The minimum Gasteiger partial charge on any atom is -0.477 e. The second-order valence-electron chi connectivity index (χ2n) is 6.03. The second kappa shape index (κ2) is 10.6. The van der Waals surface area contributed by atoms with E-state index in [0.29, 0.717) is 0 Å². The van der Waals surface area contributed by atoms with Crippen molar-refractivity contribution in [3.63, 3.8) is 0 Å². The molecule has 0 fully saturated rings. The summed E-state index contributed by atoms with van der Waals surface area (Å²) < 4.78 is 0. The van der Waals surface area contributed by atoms with Crippen LogP contribution in [0.3, 0.4) is 0 Å². The van der Waals surface area contributed by atoms with E-state index in [-0.39, 0.29) is 5.57 Å². The van der Waals surface area contributed by atoms with Gasteiger partial charge < -0.3 is 10.0 Å². The van der Waals surface area contributed by atoms with Crippen LogP contribution in [0.4, 0.5) is 5.69 Å². The Balaban J connectivity index is 2.70. The Labute approximate surface area is 156 Å². The predicted molar refractivity (Wildman–Crippen MR) is 111 cm³/mol. The molecule has 0 spiro atoms. The summed E-state index contributed by atoms with van der Waals surface area (Å²) in [6.45, 7) is 3.82. The van der Waals surface area contributed by atoms with Crippen LogP contribution in [-0.2, 0) is 4.79 Å². The normalized spacial score (nSPS) is 13.3. The van der Waals surface area contributed by atoms with Crippen LogP contribution in [0.2, 0.25) is 0 Å². The summed E-state index contributed by atoms with van der Waals surface area (Å²) in [6, 6.07) is 8.33. The molecule has 3 heteroatoms. The number of anilines is 1. The van der Waals surface area contributed by atoms with E-state index in [0.717, 1.165) is 16.7 Å². The van der Waals surface area contributed by atoms with Gasteiger partial charge in [0.15, 0.2) is 0 Å². The Kier molecular flexibility index (Phi) is 8.46. The number of allylic oxidation sites excluding steroid dienone is 8. The number of terminal acetylenes is 1. The zero-order valence-electron chi connectivity index (χ0n) is 15.7. The number of carbonyl (C=O) groups is 1. The highest BCUT2D eigenvalue weighted by Gasteiger charge is 2.01. The molecule has 1 rings (SSSR count). The number of nitrogens with zero attached hydrogens (tertiary/aromatic N) is 1. The van der Waals surface area contributed by atoms with Gasteiger partial charge in [-0.15, -0.1) is 6.42 Å². The molecule has 1 aromatic rings. The van der Waals surface area contributed by atoms with E-state index >= 15 is 0 Å². The molecular formula is C23H25NO2. The lowest BCUT2D eigenvalue weighted by atomic mass is 10.1. The average molecular weight is 347 g/mol. The molecule has 1 aromatic carbocycles. The lowest BCUT2D eigenvalue weighted by Crippen LogP contribution is -2.07. The molecule has 0 bridgehead atoms. The van der Waals surface area contributed by atoms with Gasteiger partial charge in [0.25, 0.3) is 0 Å². The first-order valence-electron chi connectivity index (χ1n) is 8.22. The monoisotopic (exact) mass is 347 g/mol. The molecule has 3 nitrogen and oxygen atoms in total. The van der Waals surface area contributed by atoms with Crippen molar-refractivity contribution in [2.75, 3.05) is 19.0 Å². The maximum absolute atomic E-state index is 10.9. The van der Waals surface area contributed by atoms with Crippen LogP contribution in [0.5, 0.6) is 0 Å². The summed E-state index contributed by atoms with van der Waals surface area (Å²) in [7, 11) is 4.04. The molecule has 1 N–H and O–H groups in total. The Bertz CT molecular complexity index is 811. The molecule has 0 aromatic heterocycles. The third-order valence-electron chi connectivity index (χ3n) is 3.54. The molecule has 0 aliphatic rings. The lowest BCUT2D eigenvalue weighted by molar-refractivity contribution is -0.132. The number of hydrogen-bond donors (Lipinski definition) is 1. The quantitative estimate of drug-likeness (QED) is 0.435. The fourth-order valence-corrected chi connectivity index (χ4v) is 2.02. The highest BCUT2D eigenvalue weighted by molar-refractivity contribution is 5.92. The average Bonchev–Trinajstić information content (AvgIpc) is 2.61. The maximum atomic E-state index is 10.9. The van der Waals surface area contributed by atoms with Crippen molar-refractivity contribution < 1.29 is 9.90 Å². The van der Waals surface area contributed by atoms with Crippen molar-refractivity contribution in [2.45, 2.75) is 13.8 Å². The van der Waals surface area contributed by atoms with Crippen molar-refractivity contribution in [1.82, 2.24) is 0 Å². The smallest absolute Gasteiger partial charge is 0.344 e. The molecule has 0 heterocycles. The predicted octanol–water partition coefficient (Wildman–Crippen LogP) is 4.86. The van der Waals surface area contributed by atoms with Gasteiger partial charge in [-0.05, 0) is 43.2 Å². The van der Waals surface area contributed by atoms with Gasteiger partial charge in [0.1, 0.15) is 5.57 Å². The highest BCUT2D eigenvalue weighted by atomic mass is 16.4. The zero-order valence-corrected chi connectivity index (χ0v) is 15.7. The number of benzene rings is 1. The number of rotatable bonds is 7. The number of aliphatic carboxylic acids is 1. The topological polar surface area (TPSA) is 40.5 Å². The summed E-state index contributed by atoms with van der Waals surface area (Å²) in [5.74, 6) is 1.06. The van der Waals surface area contributed by atoms with Gasteiger partial charge in [-0.25, -0.2) is 4.79 Å². The largest absolute Gasteiger partial charge is 0.477 e. The van der Waals surface area contributed by atoms with Crippen molar-refractivity contribution in [2.24, 2.45) is 0 Å². The third-order valence-corrected chi connectivity index (χ3v) is 3.54. The minimum atomic E-state index is -1.09. The van der Waals surface area contributed by atoms with Crippen LogP contribution in [0, 0.1) is 12.3 Å². The highest BCUT2D eigenvalue weighted by Crippen LogP contribution is 2.14. The van der Waals surface area contributed by atoms with Gasteiger partial charge in [-0.3, -0.25) is 0 Å². The second-order valence-corrected chi connectivity index (χ2v) is 6.03. The standard InChI is InChI=1S/C23H25NO2/c1-6-21(23(25)26)17-19(3)10-8-7-9-18(2)11-12-20-13-15-22(16-14-20)24(4)5/h1,7-17H,2-5H3,(H,25,26). The number of carboxylic acid groups (broad SMARTS) is 1. The van der Waals surface area contributed by atoms with E-state index in [2.05, 4.69) is 41.2 Å². The van der Waals surface area contributed by atoms with Crippen LogP contribution in [0.25, 0.3) is 6.08 Å². The molecule has 0 unspecified atom stereocenters. The zero-order chi connectivity index (χ0) is 19.5. The van der Waals surface area contributed by atoms with Crippen LogP contribution in [0.15, 0.2) is 77.4 Å². The van der Waals surface area contributed by atoms with Crippen molar-refractivity contribution in [3.8, 4) is 12.3 Å². The maximum Gasteiger partial charge on any atom is 0.344 e. The molecular weight excluding hydrogens is 322 g/mol. The van der Waals surface area contributed by atoms with Crippen molar-refractivity contribution in [3.05, 3.63) is 83.0 Å². The first kappa shape index (κ1) is 20.8. The van der Waals surface area contributed by atoms with E-state index < -0.39 is 5.97 Å². The Morgan fingerprint density at radius 1 is 1.08 bits per heavy atom. The van der Waals surface area contributed by atoms with E-state index in [9.17, 15) is 4.79 Å². The summed E-state index contributed by atoms with van der Waals surface area (Å²) in [6.07, 6.45) is 18.3. The lowest BCUT2D eigenvalue weighted by Gasteiger charge is -2.11. The Hall–Kier alpha value is -3.25. The Morgan fingerprint density at radius 3 is 2.15 bits per heavy atom. The summed E-state index contributed by atoms with van der Waals surface area (Å²) in [5.41, 5.74) is 4.14. The van der Waals surface area contributed by atoms with Crippen LogP contribution >= 0.6 is 0 Å². The number of carboxylic acids is 1. The summed E-state index contributed by atoms with van der Waals surface area (Å²) >= 11 is 0. The van der Waals surface area contributed by atoms with Gasteiger partial charge in [-0.1, -0.05) is 60.1 Å². The first-order chi connectivity index (χ1) is 12.3. The third kappa shape index (κ3) is 7.55. The SMILES string of the molecule is C#CC(=CC(C)=CC=CC=C(C)C=Cc1ccc(N(C)C)cc1)C(=O)O. The summed E-state index contributed by atoms with van der Waals surface area (Å²) in [5, 5.41) is 8.89. The van der Waals surface area contributed by atoms with Gasteiger partial charge in [-0.2, -0.15) is 0 Å². The first-order valence-corrected chi connectivity index (χ1v) is 8.22. The van der Waals surface area contributed by atoms with E-state index in [4.69, 9.17) is 11.5 Å². The minimum absolute atomic E-state index is 0.0536. The van der Waals surface area contributed by atoms with Gasteiger partial charge in [0.05, 0.1) is 0 Å². The number of hydrogen-bond acceptors (Lipinski definition) is 2.